The van der Waals surface area contributed by atoms with E-state index in [1.807, 2.05) is 19.1 Å². The minimum absolute atomic E-state index is 0.253. The molecule has 0 aliphatic carbocycles. The van der Waals surface area contributed by atoms with E-state index in [0.29, 0.717) is 11.9 Å². The number of phenolic OH excluding ortho intramolecular Hbond substituents is 1. The van der Waals surface area contributed by atoms with Crippen molar-refractivity contribution in [3.8, 4) is 11.5 Å². The van der Waals surface area contributed by atoms with Crippen molar-refractivity contribution in [2.75, 3.05) is 26.8 Å². The average Bonchev–Trinajstić information content (AvgIpc) is 2.42. The summed E-state index contributed by atoms with van der Waals surface area (Å²) in [7, 11) is 1.57. The second-order valence-electron chi connectivity index (χ2n) is 4.92. The standard InChI is InChI=1S/C15H23NO3/c1-3-19-13-7-5-9-16(11-13)10-12-6-4-8-14(18-2)15(12)17/h4,6,8,13,17H,3,5,7,9-11H2,1-2H3. The number of benzene rings is 1. The molecular weight excluding hydrogens is 242 g/mol. The van der Waals surface area contributed by atoms with Gasteiger partial charge in [0.05, 0.1) is 13.2 Å². The Morgan fingerprint density at radius 1 is 1.42 bits per heavy atom. The molecule has 1 aliphatic heterocycles. The van der Waals surface area contributed by atoms with Gasteiger partial charge in [-0.05, 0) is 32.4 Å². The number of ether oxygens (including phenoxy) is 2. The van der Waals surface area contributed by atoms with Gasteiger partial charge in [-0.3, -0.25) is 4.90 Å². The number of rotatable bonds is 5. The number of methoxy groups -OCH3 is 1. The van der Waals surface area contributed by atoms with Crippen molar-refractivity contribution >= 4 is 0 Å². The molecule has 4 nitrogen and oxygen atoms in total. The van der Waals surface area contributed by atoms with Gasteiger partial charge in [-0.15, -0.1) is 0 Å². The lowest BCUT2D eigenvalue weighted by Crippen LogP contribution is -2.39. The van der Waals surface area contributed by atoms with Gasteiger partial charge in [0.25, 0.3) is 0 Å². The summed E-state index contributed by atoms with van der Waals surface area (Å²) in [6, 6.07) is 5.64. The van der Waals surface area contributed by atoms with Crippen molar-refractivity contribution in [3.63, 3.8) is 0 Å². The van der Waals surface area contributed by atoms with Crippen molar-refractivity contribution in [2.24, 2.45) is 0 Å². The van der Waals surface area contributed by atoms with Crippen LogP contribution in [-0.4, -0.2) is 42.9 Å². The van der Waals surface area contributed by atoms with Crippen LogP contribution in [0.5, 0.6) is 11.5 Å². The SMILES string of the molecule is CCOC1CCCN(Cc2cccc(OC)c2O)C1. The first-order chi connectivity index (χ1) is 9.24. The number of nitrogens with zero attached hydrogens (tertiary/aromatic N) is 1. The lowest BCUT2D eigenvalue weighted by atomic mass is 10.1. The molecule has 0 saturated carbocycles. The third-order valence-corrected chi connectivity index (χ3v) is 3.56. The molecule has 1 aromatic rings. The molecule has 1 atom stereocenters. The van der Waals surface area contributed by atoms with Gasteiger partial charge in [-0.1, -0.05) is 12.1 Å². The lowest BCUT2D eigenvalue weighted by molar-refractivity contribution is 0.00344. The van der Waals surface area contributed by atoms with Crippen LogP contribution in [0.4, 0.5) is 0 Å². The van der Waals surface area contributed by atoms with Gasteiger partial charge < -0.3 is 14.6 Å². The van der Waals surface area contributed by atoms with E-state index in [1.165, 1.54) is 0 Å². The third kappa shape index (κ3) is 3.61. The zero-order chi connectivity index (χ0) is 13.7. The Kier molecular flexibility index (Phi) is 5.05. The van der Waals surface area contributed by atoms with Crippen LogP contribution in [0.2, 0.25) is 0 Å². The Hall–Kier alpha value is -1.26. The molecule has 1 saturated heterocycles. The number of para-hydroxylation sites is 1. The highest BCUT2D eigenvalue weighted by Gasteiger charge is 2.21. The molecule has 19 heavy (non-hydrogen) atoms. The molecule has 4 heteroatoms. The van der Waals surface area contributed by atoms with E-state index >= 15 is 0 Å². The quantitative estimate of drug-likeness (QED) is 0.887. The van der Waals surface area contributed by atoms with Crippen LogP contribution >= 0.6 is 0 Å². The highest BCUT2D eigenvalue weighted by molar-refractivity contribution is 5.45. The molecule has 0 aromatic heterocycles. The molecule has 1 unspecified atom stereocenters. The molecule has 1 fully saturated rings. The molecule has 0 spiro atoms. The number of piperidine rings is 1. The highest BCUT2D eigenvalue weighted by atomic mass is 16.5. The van der Waals surface area contributed by atoms with E-state index in [9.17, 15) is 5.11 Å². The molecule has 1 aliphatic rings. The Balaban J connectivity index is 2.00. The number of hydrogen-bond acceptors (Lipinski definition) is 4. The molecule has 1 N–H and O–H groups in total. The summed E-state index contributed by atoms with van der Waals surface area (Å²) >= 11 is 0. The molecule has 0 radical (unpaired) electrons. The minimum Gasteiger partial charge on any atom is -0.504 e. The van der Waals surface area contributed by atoms with Crippen LogP contribution in [0.1, 0.15) is 25.3 Å². The van der Waals surface area contributed by atoms with E-state index in [-0.39, 0.29) is 5.75 Å². The Labute approximate surface area is 114 Å². The van der Waals surface area contributed by atoms with E-state index in [4.69, 9.17) is 9.47 Å². The second kappa shape index (κ2) is 6.78. The Bertz CT molecular complexity index is 406. The van der Waals surface area contributed by atoms with Gasteiger partial charge in [0.1, 0.15) is 0 Å². The maximum absolute atomic E-state index is 10.1. The summed E-state index contributed by atoms with van der Waals surface area (Å²) in [5, 5.41) is 10.1. The van der Waals surface area contributed by atoms with Crippen molar-refractivity contribution in [1.29, 1.82) is 0 Å². The minimum atomic E-state index is 0.253. The van der Waals surface area contributed by atoms with Crippen LogP contribution in [-0.2, 0) is 11.3 Å². The van der Waals surface area contributed by atoms with Crippen LogP contribution in [0, 0.1) is 0 Å². The van der Waals surface area contributed by atoms with Crippen molar-refractivity contribution in [3.05, 3.63) is 23.8 Å². The van der Waals surface area contributed by atoms with Crippen molar-refractivity contribution in [2.45, 2.75) is 32.4 Å². The van der Waals surface area contributed by atoms with Gasteiger partial charge in [-0.25, -0.2) is 0 Å². The summed E-state index contributed by atoms with van der Waals surface area (Å²) in [6.45, 7) is 5.53. The summed E-state index contributed by atoms with van der Waals surface area (Å²) in [4.78, 5) is 2.33. The first-order valence-electron chi connectivity index (χ1n) is 6.93. The van der Waals surface area contributed by atoms with Crippen molar-refractivity contribution < 1.29 is 14.6 Å². The molecule has 1 aromatic carbocycles. The van der Waals surface area contributed by atoms with Crippen molar-refractivity contribution in [1.82, 2.24) is 4.90 Å². The zero-order valence-electron chi connectivity index (χ0n) is 11.8. The Morgan fingerprint density at radius 2 is 2.26 bits per heavy atom. The van der Waals surface area contributed by atoms with Gasteiger partial charge in [0, 0.05) is 25.3 Å². The predicted octanol–water partition coefficient (Wildman–Crippen LogP) is 2.40. The first-order valence-corrected chi connectivity index (χ1v) is 6.93. The Morgan fingerprint density at radius 3 is 3.00 bits per heavy atom. The zero-order valence-corrected chi connectivity index (χ0v) is 11.8. The topological polar surface area (TPSA) is 41.9 Å². The molecule has 2 rings (SSSR count). The highest BCUT2D eigenvalue weighted by Crippen LogP contribution is 2.30. The van der Waals surface area contributed by atoms with Gasteiger partial charge >= 0.3 is 0 Å². The fourth-order valence-electron chi connectivity index (χ4n) is 2.63. The summed E-state index contributed by atoms with van der Waals surface area (Å²) < 4.78 is 10.8. The van der Waals surface area contributed by atoms with Crippen LogP contribution in [0.25, 0.3) is 0 Å². The molecule has 0 amide bonds. The number of aromatic hydroxyl groups is 1. The van der Waals surface area contributed by atoms with Gasteiger partial charge in [-0.2, -0.15) is 0 Å². The molecule has 0 bridgehead atoms. The largest absolute Gasteiger partial charge is 0.504 e. The van der Waals surface area contributed by atoms with Crippen LogP contribution < -0.4 is 4.74 Å². The van der Waals surface area contributed by atoms with Crippen LogP contribution in [0.3, 0.4) is 0 Å². The first kappa shape index (κ1) is 14.2. The van der Waals surface area contributed by atoms with Crippen LogP contribution in [0.15, 0.2) is 18.2 Å². The molecule has 1 heterocycles. The molecule has 106 valence electrons. The fourth-order valence-corrected chi connectivity index (χ4v) is 2.63. The van der Waals surface area contributed by atoms with E-state index < -0.39 is 0 Å². The monoisotopic (exact) mass is 265 g/mol. The normalized spacial score (nSPS) is 20.4. The lowest BCUT2D eigenvalue weighted by Gasteiger charge is -2.32. The third-order valence-electron chi connectivity index (χ3n) is 3.56. The summed E-state index contributed by atoms with van der Waals surface area (Å²) in [5.74, 6) is 0.791. The van der Waals surface area contributed by atoms with E-state index in [2.05, 4.69) is 4.90 Å². The average molecular weight is 265 g/mol. The summed E-state index contributed by atoms with van der Waals surface area (Å²) in [5.41, 5.74) is 0.913. The number of phenols is 1. The summed E-state index contributed by atoms with van der Waals surface area (Å²) in [6.07, 6.45) is 2.61. The van der Waals surface area contributed by atoms with E-state index in [0.717, 1.165) is 44.6 Å². The van der Waals surface area contributed by atoms with E-state index in [1.54, 1.807) is 13.2 Å². The predicted molar refractivity (Wildman–Crippen MR) is 74.6 cm³/mol. The maximum atomic E-state index is 10.1. The number of hydrogen-bond donors (Lipinski definition) is 1. The van der Waals surface area contributed by atoms with Gasteiger partial charge in [0.15, 0.2) is 11.5 Å². The fraction of sp³-hybridized carbons (Fsp3) is 0.600. The number of likely N-dealkylation sites (tertiary alicyclic amines) is 1. The second-order valence-corrected chi connectivity index (χ2v) is 4.92. The van der Waals surface area contributed by atoms with Gasteiger partial charge in [0.2, 0.25) is 0 Å². The molecular formula is C15H23NO3. The maximum Gasteiger partial charge on any atom is 0.162 e. The smallest absolute Gasteiger partial charge is 0.162 e.